The van der Waals surface area contributed by atoms with Crippen LogP contribution in [-0.4, -0.2) is 40.0 Å². The summed E-state index contributed by atoms with van der Waals surface area (Å²) in [5.41, 5.74) is 1.24. The van der Waals surface area contributed by atoms with Crippen LogP contribution in [0.5, 0.6) is 0 Å². The fourth-order valence-corrected chi connectivity index (χ4v) is 4.27. The van der Waals surface area contributed by atoms with Crippen molar-refractivity contribution in [2.75, 3.05) is 26.3 Å². The molecule has 0 amide bonds. The topological polar surface area (TPSA) is 55.4 Å². The molecule has 2 heterocycles. The van der Waals surface area contributed by atoms with Gasteiger partial charge in [-0.15, -0.1) is 0 Å². The molecule has 0 aromatic heterocycles. The van der Waals surface area contributed by atoms with Crippen molar-refractivity contribution in [3.05, 3.63) is 29.8 Å². The first-order chi connectivity index (χ1) is 9.66. The van der Waals surface area contributed by atoms with E-state index in [1.54, 1.807) is 12.1 Å². The molecule has 0 atom stereocenters. The fraction of sp³-hybridized carbons (Fsp3) is 0.600. The largest absolute Gasteiger partial charge is 0.379 e. The zero-order valence-corrected chi connectivity index (χ0v) is 12.4. The van der Waals surface area contributed by atoms with Gasteiger partial charge < -0.3 is 10.1 Å². The summed E-state index contributed by atoms with van der Waals surface area (Å²) in [6.07, 6.45) is 3.47. The highest BCUT2D eigenvalue weighted by Gasteiger charge is 2.33. The number of piperidine rings is 1. The number of ether oxygens (including phenoxy) is 1. The average molecular weight is 295 g/mol. The SMILES string of the molecule is O=S(=O)(c1ccc(CC2CCNCC2)cc1)C1COC1. The summed E-state index contributed by atoms with van der Waals surface area (Å²) in [7, 11) is -3.19. The minimum absolute atomic E-state index is 0.332. The molecule has 0 saturated carbocycles. The molecule has 1 aromatic carbocycles. The first-order valence-corrected chi connectivity index (χ1v) is 8.82. The number of rotatable bonds is 4. The second-order valence-corrected chi connectivity index (χ2v) is 7.97. The predicted octanol–water partition coefficient (Wildman–Crippen LogP) is 1.40. The van der Waals surface area contributed by atoms with E-state index in [1.165, 1.54) is 18.4 Å². The number of sulfone groups is 1. The summed E-state index contributed by atoms with van der Waals surface area (Å²) in [4.78, 5) is 0.430. The summed E-state index contributed by atoms with van der Waals surface area (Å²) < 4.78 is 29.4. The quantitative estimate of drug-likeness (QED) is 0.912. The molecule has 0 aliphatic carbocycles. The molecule has 1 aromatic rings. The maximum atomic E-state index is 12.2. The molecule has 0 radical (unpaired) electrons. The third kappa shape index (κ3) is 2.90. The van der Waals surface area contributed by atoms with Crippen LogP contribution in [-0.2, 0) is 21.0 Å². The number of benzene rings is 1. The van der Waals surface area contributed by atoms with Crippen LogP contribution < -0.4 is 5.32 Å². The van der Waals surface area contributed by atoms with Crippen LogP contribution in [0.1, 0.15) is 18.4 Å². The van der Waals surface area contributed by atoms with Crippen LogP contribution in [0.3, 0.4) is 0 Å². The lowest BCUT2D eigenvalue weighted by Gasteiger charge is -2.26. The van der Waals surface area contributed by atoms with Gasteiger partial charge in [-0.25, -0.2) is 8.42 Å². The Kier molecular flexibility index (Phi) is 4.10. The summed E-state index contributed by atoms with van der Waals surface area (Å²) in [6, 6.07) is 7.44. The smallest absolute Gasteiger partial charge is 0.185 e. The van der Waals surface area contributed by atoms with Crippen molar-refractivity contribution in [3.8, 4) is 0 Å². The maximum absolute atomic E-state index is 12.2. The van der Waals surface area contributed by atoms with Crippen LogP contribution in [0.25, 0.3) is 0 Å². The van der Waals surface area contributed by atoms with E-state index in [0.717, 1.165) is 25.4 Å². The van der Waals surface area contributed by atoms with E-state index in [9.17, 15) is 8.42 Å². The molecule has 1 N–H and O–H groups in total. The lowest BCUT2D eigenvalue weighted by atomic mass is 9.91. The lowest BCUT2D eigenvalue weighted by Crippen LogP contribution is -2.40. The van der Waals surface area contributed by atoms with Gasteiger partial charge in [0.05, 0.1) is 18.1 Å². The normalized spacial score (nSPS) is 21.6. The van der Waals surface area contributed by atoms with E-state index in [4.69, 9.17) is 4.74 Å². The highest BCUT2D eigenvalue weighted by Crippen LogP contribution is 2.23. The molecular formula is C15H21NO3S. The summed E-state index contributed by atoms with van der Waals surface area (Å²) in [5.74, 6) is 0.721. The summed E-state index contributed by atoms with van der Waals surface area (Å²) >= 11 is 0. The molecule has 2 aliphatic heterocycles. The third-order valence-electron chi connectivity index (χ3n) is 4.28. The zero-order valence-electron chi connectivity index (χ0n) is 11.5. The van der Waals surface area contributed by atoms with E-state index in [2.05, 4.69) is 5.32 Å². The van der Waals surface area contributed by atoms with E-state index >= 15 is 0 Å². The Labute approximate surface area is 120 Å². The predicted molar refractivity (Wildman–Crippen MR) is 77.5 cm³/mol. The van der Waals surface area contributed by atoms with Crippen molar-refractivity contribution in [1.82, 2.24) is 5.32 Å². The monoisotopic (exact) mass is 295 g/mol. The third-order valence-corrected chi connectivity index (χ3v) is 6.36. The molecule has 20 heavy (non-hydrogen) atoms. The Balaban J connectivity index is 1.67. The molecule has 0 bridgehead atoms. The molecule has 110 valence electrons. The Hall–Kier alpha value is -0.910. The van der Waals surface area contributed by atoms with Gasteiger partial charge in [-0.3, -0.25) is 0 Å². The molecule has 3 rings (SSSR count). The van der Waals surface area contributed by atoms with Crippen molar-refractivity contribution >= 4 is 9.84 Å². The Morgan fingerprint density at radius 2 is 1.75 bits per heavy atom. The first kappa shape index (κ1) is 14.0. The standard InChI is InChI=1S/C15H21NO3S/c17-20(18,15-10-19-11-15)14-3-1-12(2-4-14)9-13-5-7-16-8-6-13/h1-4,13,15-16H,5-11H2. The van der Waals surface area contributed by atoms with Crippen molar-refractivity contribution in [1.29, 1.82) is 0 Å². The van der Waals surface area contributed by atoms with Crippen LogP contribution in [0.15, 0.2) is 29.2 Å². The van der Waals surface area contributed by atoms with Gasteiger partial charge in [0.25, 0.3) is 0 Å². The second kappa shape index (κ2) is 5.84. The molecule has 4 nitrogen and oxygen atoms in total. The summed E-state index contributed by atoms with van der Waals surface area (Å²) in [6.45, 7) is 2.86. The zero-order chi connectivity index (χ0) is 14.0. The van der Waals surface area contributed by atoms with E-state index < -0.39 is 9.84 Å². The highest BCUT2D eigenvalue weighted by molar-refractivity contribution is 7.92. The highest BCUT2D eigenvalue weighted by atomic mass is 32.2. The number of hydrogen-bond acceptors (Lipinski definition) is 4. The molecule has 0 unspecified atom stereocenters. The van der Waals surface area contributed by atoms with Crippen LogP contribution >= 0.6 is 0 Å². The second-order valence-electron chi connectivity index (χ2n) is 5.75. The van der Waals surface area contributed by atoms with Crippen LogP contribution in [0, 0.1) is 5.92 Å². The molecule has 2 fully saturated rings. The van der Waals surface area contributed by atoms with Crippen molar-refractivity contribution in [2.24, 2.45) is 5.92 Å². The summed E-state index contributed by atoms with van der Waals surface area (Å²) in [5, 5.41) is 3.01. The van der Waals surface area contributed by atoms with Gasteiger partial charge in [-0.1, -0.05) is 12.1 Å². The van der Waals surface area contributed by atoms with Gasteiger partial charge in [0, 0.05) is 0 Å². The molecule has 5 heteroatoms. The van der Waals surface area contributed by atoms with Crippen molar-refractivity contribution in [3.63, 3.8) is 0 Å². The minimum Gasteiger partial charge on any atom is -0.379 e. The van der Waals surface area contributed by atoms with Crippen molar-refractivity contribution < 1.29 is 13.2 Å². The van der Waals surface area contributed by atoms with Gasteiger partial charge in [-0.05, 0) is 56.0 Å². The van der Waals surface area contributed by atoms with Gasteiger partial charge in [0.15, 0.2) is 9.84 Å². The Morgan fingerprint density at radius 1 is 1.10 bits per heavy atom. The van der Waals surface area contributed by atoms with E-state index in [-0.39, 0.29) is 5.25 Å². The number of hydrogen-bond donors (Lipinski definition) is 1. The molecular weight excluding hydrogens is 274 g/mol. The van der Waals surface area contributed by atoms with Crippen molar-refractivity contribution in [2.45, 2.75) is 29.4 Å². The Bertz CT molecular complexity index is 543. The van der Waals surface area contributed by atoms with Gasteiger partial charge in [0.2, 0.25) is 0 Å². The van der Waals surface area contributed by atoms with E-state index in [1.807, 2.05) is 12.1 Å². The van der Waals surface area contributed by atoms with Crippen LogP contribution in [0.4, 0.5) is 0 Å². The maximum Gasteiger partial charge on any atom is 0.185 e. The van der Waals surface area contributed by atoms with Gasteiger partial charge in [0.1, 0.15) is 5.25 Å². The van der Waals surface area contributed by atoms with E-state index in [0.29, 0.717) is 18.1 Å². The number of nitrogens with one attached hydrogen (secondary N) is 1. The lowest BCUT2D eigenvalue weighted by molar-refractivity contribution is 0.0416. The van der Waals surface area contributed by atoms with Gasteiger partial charge in [-0.2, -0.15) is 0 Å². The van der Waals surface area contributed by atoms with Gasteiger partial charge >= 0.3 is 0 Å². The minimum atomic E-state index is -3.19. The Morgan fingerprint density at radius 3 is 2.30 bits per heavy atom. The first-order valence-electron chi connectivity index (χ1n) is 7.27. The molecule has 0 spiro atoms. The average Bonchev–Trinajstić information content (AvgIpc) is 2.38. The fourth-order valence-electron chi connectivity index (χ4n) is 2.82. The molecule has 2 aliphatic rings. The van der Waals surface area contributed by atoms with Crippen LogP contribution in [0.2, 0.25) is 0 Å². The molecule has 2 saturated heterocycles.